The molecule has 0 saturated carbocycles. The minimum absolute atomic E-state index is 0.238. The molecule has 6 heteroatoms. The molecule has 3 rings (SSSR count). The van der Waals surface area contributed by atoms with E-state index in [-0.39, 0.29) is 17.9 Å². The standard InChI is InChI=1S/C17H23N3O2S/c1-12(2)17-18-15(22-19-17)6-3-7-16(21)20-9-4-5-14(20)13-8-10-23-11-13/h8,10-12,14H,3-7,9H2,1-2H3/t14-/m1/s1. The van der Waals surface area contributed by atoms with Gasteiger partial charge in [0.25, 0.3) is 0 Å². The monoisotopic (exact) mass is 333 g/mol. The molecule has 2 aromatic heterocycles. The summed E-state index contributed by atoms with van der Waals surface area (Å²) in [7, 11) is 0. The van der Waals surface area contributed by atoms with Crippen molar-refractivity contribution in [3.63, 3.8) is 0 Å². The second-order valence-corrected chi connectivity index (χ2v) is 7.14. The number of rotatable bonds is 6. The van der Waals surface area contributed by atoms with Crippen LogP contribution in [0.3, 0.4) is 0 Å². The molecule has 0 N–H and O–H groups in total. The summed E-state index contributed by atoms with van der Waals surface area (Å²) >= 11 is 1.69. The van der Waals surface area contributed by atoms with Crippen LogP contribution in [0.25, 0.3) is 0 Å². The third kappa shape index (κ3) is 3.80. The highest BCUT2D eigenvalue weighted by atomic mass is 32.1. The molecule has 23 heavy (non-hydrogen) atoms. The number of nitrogens with zero attached hydrogens (tertiary/aromatic N) is 3. The second kappa shape index (κ2) is 7.25. The van der Waals surface area contributed by atoms with Gasteiger partial charge in [-0.2, -0.15) is 16.3 Å². The summed E-state index contributed by atoms with van der Waals surface area (Å²) in [6, 6.07) is 2.40. The highest BCUT2D eigenvalue weighted by molar-refractivity contribution is 7.07. The Morgan fingerprint density at radius 3 is 3.09 bits per heavy atom. The van der Waals surface area contributed by atoms with Crippen LogP contribution in [0.2, 0.25) is 0 Å². The lowest BCUT2D eigenvalue weighted by Gasteiger charge is -2.24. The second-order valence-electron chi connectivity index (χ2n) is 6.36. The van der Waals surface area contributed by atoms with E-state index in [9.17, 15) is 4.79 Å². The lowest BCUT2D eigenvalue weighted by atomic mass is 10.1. The number of carbonyl (C=O) groups excluding carboxylic acids is 1. The quantitative estimate of drug-likeness (QED) is 0.803. The van der Waals surface area contributed by atoms with E-state index in [1.807, 2.05) is 18.7 Å². The molecule has 1 aliphatic rings. The Kier molecular flexibility index (Phi) is 5.10. The van der Waals surface area contributed by atoms with Gasteiger partial charge in [0.05, 0.1) is 6.04 Å². The molecule has 0 radical (unpaired) electrons. The van der Waals surface area contributed by atoms with Gasteiger partial charge in [-0.1, -0.05) is 19.0 Å². The molecule has 1 aliphatic heterocycles. The third-order valence-electron chi connectivity index (χ3n) is 4.28. The van der Waals surface area contributed by atoms with Crippen LogP contribution < -0.4 is 0 Å². The topological polar surface area (TPSA) is 59.2 Å². The maximum atomic E-state index is 12.5. The zero-order valence-electron chi connectivity index (χ0n) is 13.7. The lowest BCUT2D eigenvalue weighted by molar-refractivity contribution is -0.132. The predicted molar refractivity (Wildman–Crippen MR) is 89.3 cm³/mol. The molecule has 5 nitrogen and oxygen atoms in total. The molecule has 1 saturated heterocycles. The highest BCUT2D eigenvalue weighted by Crippen LogP contribution is 2.33. The van der Waals surface area contributed by atoms with E-state index in [2.05, 4.69) is 27.0 Å². The van der Waals surface area contributed by atoms with Crippen LogP contribution in [0.1, 0.15) is 68.8 Å². The van der Waals surface area contributed by atoms with Crippen LogP contribution in [-0.2, 0) is 11.2 Å². The number of aryl methyl sites for hydroxylation is 1. The summed E-state index contributed by atoms with van der Waals surface area (Å²) in [6.07, 6.45) is 4.13. The van der Waals surface area contributed by atoms with Crippen molar-refractivity contribution in [1.29, 1.82) is 0 Å². The summed E-state index contributed by atoms with van der Waals surface area (Å²) in [5.74, 6) is 1.88. The maximum Gasteiger partial charge on any atom is 0.226 e. The van der Waals surface area contributed by atoms with Gasteiger partial charge in [-0.3, -0.25) is 4.79 Å². The number of hydrogen-bond acceptors (Lipinski definition) is 5. The van der Waals surface area contributed by atoms with Crippen molar-refractivity contribution in [2.45, 2.75) is 57.9 Å². The van der Waals surface area contributed by atoms with Crippen molar-refractivity contribution in [2.24, 2.45) is 0 Å². The number of carbonyl (C=O) groups is 1. The van der Waals surface area contributed by atoms with Crippen molar-refractivity contribution >= 4 is 17.2 Å². The molecule has 0 unspecified atom stereocenters. The Hall–Kier alpha value is -1.69. The van der Waals surface area contributed by atoms with Crippen LogP contribution >= 0.6 is 11.3 Å². The first-order valence-corrected chi connectivity index (χ1v) is 9.23. The van der Waals surface area contributed by atoms with Crippen LogP contribution in [0.15, 0.2) is 21.3 Å². The Balaban J connectivity index is 1.50. The van der Waals surface area contributed by atoms with Gasteiger partial charge in [0.2, 0.25) is 11.8 Å². The summed E-state index contributed by atoms with van der Waals surface area (Å²) in [6.45, 7) is 4.95. The van der Waals surface area contributed by atoms with E-state index < -0.39 is 0 Å². The first-order chi connectivity index (χ1) is 11.1. The summed E-state index contributed by atoms with van der Waals surface area (Å²) in [5.41, 5.74) is 1.28. The fourth-order valence-corrected chi connectivity index (χ4v) is 3.72. The molecule has 1 amide bonds. The van der Waals surface area contributed by atoms with E-state index in [0.717, 1.165) is 31.6 Å². The van der Waals surface area contributed by atoms with E-state index in [0.29, 0.717) is 18.7 Å². The molecule has 1 fully saturated rings. The van der Waals surface area contributed by atoms with Crippen molar-refractivity contribution in [3.8, 4) is 0 Å². The molecule has 0 bridgehead atoms. The number of likely N-dealkylation sites (tertiary alicyclic amines) is 1. The molecular weight excluding hydrogens is 310 g/mol. The smallest absolute Gasteiger partial charge is 0.226 e. The average molecular weight is 333 g/mol. The molecule has 0 aliphatic carbocycles. The van der Waals surface area contributed by atoms with E-state index in [1.165, 1.54) is 5.56 Å². The molecule has 1 atom stereocenters. The number of hydrogen-bond donors (Lipinski definition) is 0. The fourth-order valence-electron chi connectivity index (χ4n) is 3.01. The van der Waals surface area contributed by atoms with Gasteiger partial charge < -0.3 is 9.42 Å². The average Bonchev–Trinajstić information content (AvgIpc) is 3.27. The molecule has 0 spiro atoms. The van der Waals surface area contributed by atoms with Gasteiger partial charge in [-0.05, 0) is 41.7 Å². The summed E-state index contributed by atoms with van der Waals surface area (Å²) in [5, 5.41) is 8.19. The minimum atomic E-state index is 0.238. The van der Waals surface area contributed by atoms with Crippen molar-refractivity contribution < 1.29 is 9.32 Å². The number of amides is 1. The maximum absolute atomic E-state index is 12.5. The van der Waals surface area contributed by atoms with Crippen molar-refractivity contribution in [3.05, 3.63) is 34.1 Å². The van der Waals surface area contributed by atoms with Crippen molar-refractivity contribution in [1.82, 2.24) is 15.0 Å². The van der Waals surface area contributed by atoms with E-state index in [4.69, 9.17) is 4.52 Å². The Morgan fingerprint density at radius 2 is 2.39 bits per heavy atom. The molecule has 124 valence electrons. The van der Waals surface area contributed by atoms with Crippen LogP contribution in [0.4, 0.5) is 0 Å². The number of aromatic nitrogens is 2. The van der Waals surface area contributed by atoms with Gasteiger partial charge in [0.1, 0.15) is 0 Å². The fraction of sp³-hybridized carbons (Fsp3) is 0.588. The van der Waals surface area contributed by atoms with Gasteiger partial charge in [-0.25, -0.2) is 0 Å². The molecule has 0 aromatic carbocycles. The molecular formula is C17H23N3O2S. The van der Waals surface area contributed by atoms with Gasteiger partial charge in [0, 0.05) is 25.3 Å². The third-order valence-corrected chi connectivity index (χ3v) is 4.98. The van der Waals surface area contributed by atoms with E-state index >= 15 is 0 Å². The van der Waals surface area contributed by atoms with Gasteiger partial charge in [-0.15, -0.1) is 0 Å². The van der Waals surface area contributed by atoms with Gasteiger partial charge in [0.15, 0.2) is 5.82 Å². The minimum Gasteiger partial charge on any atom is -0.339 e. The Morgan fingerprint density at radius 1 is 1.52 bits per heavy atom. The Labute approximate surface area is 140 Å². The largest absolute Gasteiger partial charge is 0.339 e. The lowest BCUT2D eigenvalue weighted by Crippen LogP contribution is -2.30. The molecule has 3 heterocycles. The van der Waals surface area contributed by atoms with E-state index in [1.54, 1.807) is 11.3 Å². The summed E-state index contributed by atoms with van der Waals surface area (Å²) < 4.78 is 5.23. The predicted octanol–water partition coefficient (Wildman–Crippen LogP) is 3.94. The van der Waals surface area contributed by atoms with Crippen LogP contribution in [-0.4, -0.2) is 27.5 Å². The zero-order valence-corrected chi connectivity index (χ0v) is 14.5. The first kappa shape index (κ1) is 16.2. The number of thiophene rings is 1. The summed E-state index contributed by atoms with van der Waals surface area (Å²) in [4.78, 5) is 18.9. The van der Waals surface area contributed by atoms with Crippen LogP contribution in [0.5, 0.6) is 0 Å². The normalized spacial score (nSPS) is 18.0. The SMILES string of the molecule is CC(C)c1noc(CCCC(=O)N2CCC[C@@H]2c2ccsc2)n1. The first-order valence-electron chi connectivity index (χ1n) is 8.29. The zero-order chi connectivity index (χ0) is 16.2. The molecule has 2 aromatic rings. The van der Waals surface area contributed by atoms with Crippen LogP contribution in [0, 0.1) is 0 Å². The van der Waals surface area contributed by atoms with Crippen molar-refractivity contribution in [2.75, 3.05) is 6.54 Å². The van der Waals surface area contributed by atoms with Gasteiger partial charge >= 0.3 is 0 Å². The highest BCUT2D eigenvalue weighted by Gasteiger charge is 2.29. The Bertz CT molecular complexity index is 636.